The van der Waals surface area contributed by atoms with Crippen LogP contribution < -0.4 is 0 Å². The average Bonchev–Trinajstić information content (AvgIpc) is 2.88. The molecule has 0 N–H and O–H groups in total. The topological polar surface area (TPSA) is 46.6 Å². The Morgan fingerprint density at radius 3 is 2.70 bits per heavy atom. The highest BCUT2D eigenvalue weighted by atomic mass is 16.5. The first-order valence-corrected chi connectivity index (χ1v) is 8.11. The molecule has 4 nitrogen and oxygen atoms in total. The fourth-order valence-electron chi connectivity index (χ4n) is 4.07. The predicted octanol–water partition coefficient (Wildman–Crippen LogP) is 2.41. The van der Waals surface area contributed by atoms with E-state index >= 15 is 0 Å². The molecule has 0 aromatic carbocycles. The van der Waals surface area contributed by atoms with Crippen LogP contribution in [0.25, 0.3) is 0 Å². The van der Waals surface area contributed by atoms with Gasteiger partial charge in [-0.1, -0.05) is 20.3 Å². The van der Waals surface area contributed by atoms with E-state index < -0.39 is 5.92 Å². The van der Waals surface area contributed by atoms with Crippen LogP contribution in [-0.4, -0.2) is 41.9 Å². The zero-order valence-corrected chi connectivity index (χ0v) is 12.9. The Labute approximate surface area is 121 Å². The Morgan fingerprint density at radius 2 is 2.10 bits per heavy atom. The minimum atomic E-state index is -0.546. The molecule has 2 fully saturated rings. The van der Waals surface area contributed by atoms with Crippen molar-refractivity contribution in [2.75, 3.05) is 13.2 Å². The monoisotopic (exact) mass is 281 g/mol. The van der Waals surface area contributed by atoms with Crippen molar-refractivity contribution in [3.63, 3.8) is 0 Å². The van der Waals surface area contributed by atoms with E-state index in [0.29, 0.717) is 12.6 Å². The number of Topliss-reactive ketones (excluding diaryl/α,β-unsaturated/α-hetero) is 1. The Morgan fingerprint density at radius 1 is 1.35 bits per heavy atom. The number of hydrogen-bond donors (Lipinski definition) is 0. The van der Waals surface area contributed by atoms with Gasteiger partial charge in [0.2, 0.25) is 0 Å². The second-order valence-electron chi connectivity index (χ2n) is 5.95. The molecule has 0 spiro atoms. The summed E-state index contributed by atoms with van der Waals surface area (Å²) in [5.41, 5.74) is 0. The van der Waals surface area contributed by atoms with Gasteiger partial charge in [0, 0.05) is 18.0 Å². The lowest BCUT2D eigenvalue weighted by atomic mass is 9.75. The van der Waals surface area contributed by atoms with Gasteiger partial charge in [-0.2, -0.15) is 0 Å². The van der Waals surface area contributed by atoms with Gasteiger partial charge >= 0.3 is 5.97 Å². The molecular formula is C16H27NO3. The molecule has 4 heteroatoms. The largest absolute Gasteiger partial charge is 0.465 e. The predicted molar refractivity (Wildman–Crippen MR) is 77.3 cm³/mol. The summed E-state index contributed by atoms with van der Waals surface area (Å²) in [6.07, 6.45) is 5.00. The molecule has 2 rings (SSSR count). The zero-order chi connectivity index (χ0) is 14.7. The lowest BCUT2D eigenvalue weighted by Crippen LogP contribution is -2.59. The number of carbonyl (C=O) groups is 2. The number of rotatable bonds is 5. The van der Waals surface area contributed by atoms with Crippen LogP contribution in [0, 0.1) is 11.8 Å². The summed E-state index contributed by atoms with van der Waals surface area (Å²) in [5.74, 6) is -0.718. The molecule has 0 unspecified atom stereocenters. The number of fused-ring (bicyclic) bond motifs is 1. The summed E-state index contributed by atoms with van der Waals surface area (Å²) in [4.78, 5) is 27.4. The van der Waals surface area contributed by atoms with Gasteiger partial charge in [-0.15, -0.1) is 0 Å². The number of piperidine rings is 1. The van der Waals surface area contributed by atoms with Crippen LogP contribution in [-0.2, 0) is 14.3 Å². The van der Waals surface area contributed by atoms with Crippen LogP contribution >= 0.6 is 0 Å². The normalized spacial score (nSPS) is 34.0. The molecule has 20 heavy (non-hydrogen) atoms. The van der Waals surface area contributed by atoms with Crippen LogP contribution in [0.15, 0.2) is 0 Å². The van der Waals surface area contributed by atoms with E-state index in [9.17, 15) is 9.59 Å². The van der Waals surface area contributed by atoms with Crippen LogP contribution in [0.5, 0.6) is 0 Å². The van der Waals surface area contributed by atoms with Gasteiger partial charge in [-0.3, -0.25) is 14.5 Å². The molecule has 2 aliphatic heterocycles. The third-order valence-corrected chi connectivity index (χ3v) is 4.85. The molecule has 0 bridgehead atoms. The highest BCUT2D eigenvalue weighted by molar-refractivity contribution is 6.02. The van der Waals surface area contributed by atoms with Gasteiger partial charge in [-0.25, -0.2) is 0 Å². The highest BCUT2D eigenvalue weighted by Crippen LogP contribution is 2.39. The number of nitrogens with zero attached hydrogens (tertiary/aromatic N) is 1. The molecule has 114 valence electrons. The van der Waals surface area contributed by atoms with Gasteiger partial charge < -0.3 is 4.74 Å². The smallest absolute Gasteiger partial charge is 0.318 e. The van der Waals surface area contributed by atoms with E-state index in [4.69, 9.17) is 4.74 Å². The van der Waals surface area contributed by atoms with Gasteiger partial charge in [0.1, 0.15) is 5.92 Å². The van der Waals surface area contributed by atoms with E-state index in [-0.39, 0.29) is 23.7 Å². The van der Waals surface area contributed by atoms with Crippen molar-refractivity contribution < 1.29 is 14.3 Å². The molecule has 2 aliphatic rings. The first kappa shape index (κ1) is 15.5. The number of ketones is 1. The third kappa shape index (κ3) is 2.62. The van der Waals surface area contributed by atoms with Crippen molar-refractivity contribution in [1.82, 2.24) is 4.90 Å². The van der Waals surface area contributed by atoms with E-state index in [1.807, 2.05) is 0 Å². The summed E-state index contributed by atoms with van der Waals surface area (Å²) < 4.78 is 5.16. The average molecular weight is 281 g/mol. The van der Waals surface area contributed by atoms with Crippen LogP contribution in [0.2, 0.25) is 0 Å². The molecule has 0 aromatic heterocycles. The molecule has 0 amide bonds. The van der Waals surface area contributed by atoms with Crippen molar-refractivity contribution in [3.8, 4) is 0 Å². The Kier molecular flexibility index (Phi) is 5.19. The zero-order valence-electron chi connectivity index (χ0n) is 12.9. The summed E-state index contributed by atoms with van der Waals surface area (Å²) in [6.45, 7) is 7.40. The molecule has 0 saturated carbocycles. The standard InChI is InChI=1S/C16H27NO3/c1-4-8-12-11(5-2)15(18)14(16(19)20-6-3)13-9-7-10-17(12)13/h11-14H,4-10H2,1-3H3/t11-,12-,13+,14+/m1/s1. The SMILES string of the molecule is CCC[C@@H]1[C@@H](CC)C(=O)[C@@H](C(=O)OCC)[C@@H]2CCCN12. The van der Waals surface area contributed by atoms with Gasteiger partial charge in [0.05, 0.1) is 6.61 Å². The first-order valence-electron chi connectivity index (χ1n) is 8.11. The number of hydrogen-bond acceptors (Lipinski definition) is 4. The van der Waals surface area contributed by atoms with E-state index in [1.54, 1.807) is 6.92 Å². The fourth-order valence-corrected chi connectivity index (χ4v) is 4.07. The fraction of sp³-hybridized carbons (Fsp3) is 0.875. The molecule has 2 heterocycles. The maximum atomic E-state index is 12.8. The molecule has 0 aromatic rings. The molecule has 0 aliphatic carbocycles. The summed E-state index contributed by atoms with van der Waals surface area (Å²) in [5, 5.41) is 0. The van der Waals surface area contributed by atoms with E-state index in [0.717, 1.165) is 38.6 Å². The molecule has 2 saturated heterocycles. The maximum Gasteiger partial charge on any atom is 0.318 e. The second kappa shape index (κ2) is 6.70. The van der Waals surface area contributed by atoms with Gasteiger partial charge in [0.25, 0.3) is 0 Å². The lowest BCUT2D eigenvalue weighted by molar-refractivity contribution is -0.160. The summed E-state index contributed by atoms with van der Waals surface area (Å²) in [7, 11) is 0. The summed E-state index contributed by atoms with van der Waals surface area (Å²) >= 11 is 0. The van der Waals surface area contributed by atoms with Crippen molar-refractivity contribution in [3.05, 3.63) is 0 Å². The minimum absolute atomic E-state index is 0.00120. The van der Waals surface area contributed by atoms with Crippen LogP contribution in [0.1, 0.15) is 52.9 Å². The van der Waals surface area contributed by atoms with Crippen molar-refractivity contribution in [2.45, 2.75) is 65.0 Å². The maximum absolute atomic E-state index is 12.8. The highest BCUT2D eigenvalue weighted by Gasteiger charge is 2.52. The van der Waals surface area contributed by atoms with Gasteiger partial charge in [-0.05, 0) is 39.2 Å². The number of ether oxygens (including phenoxy) is 1. The molecule has 4 atom stereocenters. The molecular weight excluding hydrogens is 254 g/mol. The quantitative estimate of drug-likeness (QED) is 0.573. The lowest BCUT2D eigenvalue weighted by Gasteiger charge is -2.45. The van der Waals surface area contributed by atoms with Crippen LogP contribution in [0.3, 0.4) is 0 Å². The van der Waals surface area contributed by atoms with Crippen LogP contribution in [0.4, 0.5) is 0 Å². The van der Waals surface area contributed by atoms with E-state index in [1.165, 1.54) is 0 Å². The summed E-state index contributed by atoms with van der Waals surface area (Å²) in [6, 6.07) is 0.413. The van der Waals surface area contributed by atoms with Crippen molar-refractivity contribution in [2.24, 2.45) is 11.8 Å². The van der Waals surface area contributed by atoms with Crippen molar-refractivity contribution >= 4 is 11.8 Å². The van der Waals surface area contributed by atoms with Gasteiger partial charge in [0.15, 0.2) is 5.78 Å². The minimum Gasteiger partial charge on any atom is -0.465 e. The first-order chi connectivity index (χ1) is 9.65. The molecule has 0 radical (unpaired) electrons. The third-order valence-electron chi connectivity index (χ3n) is 4.85. The number of carbonyl (C=O) groups excluding carboxylic acids is 2. The van der Waals surface area contributed by atoms with E-state index in [2.05, 4.69) is 18.7 Å². The number of esters is 1. The Bertz CT molecular complexity index is 369. The Hall–Kier alpha value is -0.900. The second-order valence-corrected chi connectivity index (χ2v) is 5.95. The Balaban J connectivity index is 2.27. The van der Waals surface area contributed by atoms with Crippen molar-refractivity contribution in [1.29, 1.82) is 0 Å².